The van der Waals surface area contributed by atoms with Crippen LogP contribution >= 0.6 is 0 Å². The summed E-state index contributed by atoms with van der Waals surface area (Å²) in [6.07, 6.45) is 13.2. The Morgan fingerprint density at radius 3 is 1.73 bits per heavy atom. The molecule has 3 heteroatoms. The van der Waals surface area contributed by atoms with Crippen molar-refractivity contribution in [1.29, 1.82) is 0 Å². The summed E-state index contributed by atoms with van der Waals surface area (Å²) in [4.78, 5) is 0. The maximum absolute atomic E-state index is 5.90. The first-order chi connectivity index (χ1) is 14.8. The lowest BCUT2D eigenvalue weighted by molar-refractivity contribution is -0.697. The molecule has 0 aliphatic carbocycles. The van der Waals surface area contributed by atoms with Gasteiger partial charge in [0.25, 0.3) is 0 Å². The average molecular weight is 405 g/mol. The molecule has 1 aromatic heterocycles. The van der Waals surface area contributed by atoms with Gasteiger partial charge in [-0.2, -0.15) is 0 Å². The minimum Gasteiger partial charge on any atom is -0.497 e. The molecule has 3 rings (SSSR count). The first kappa shape index (κ1) is 21.9. The van der Waals surface area contributed by atoms with Crippen molar-refractivity contribution in [3.63, 3.8) is 0 Å². The third kappa shape index (κ3) is 7.55. The van der Waals surface area contributed by atoms with Gasteiger partial charge in [-0.25, -0.2) is 4.57 Å². The van der Waals surface area contributed by atoms with Crippen LogP contribution in [0.25, 0.3) is 11.1 Å². The Kier molecular flexibility index (Phi) is 9.26. The fraction of sp³-hybridized carbons (Fsp3) is 0.370. The van der Waals surface area contributed by atoms with Gasteiger partial charge in [-0.3, -0.25) is 0 Å². The predicted octanol–water partition coefficient (Wildman–Crippen LogP) is 6.46. The SMILES string of the molecule is COc1ccc(-c2ccc(OCCCCCCCCC[n+]3ccccc3)cc2)cc1. The van der Waals surface area contributed by atoms with Gasteiger partial charge in [0.15, 0.2) is 12.4 Å². The van der Waals surface area contributed by atoms with E-state index in [1.165, 1.54) is 49.7 Å². The molecule has 30 heavy (non-hydrogen) atoms. The Labute approximate surface area is 181 Å². The number of hydrogen-bond donors (Lipinski definition) is 0. The number of nitrogens with zero attached hydrogens (tertiary/aromatic N) is 1. The van der Waals surface area contributed by atoms with Crippen LogP contribution in [0.4, 0.5) is 0 Å². The lowest BCUT2D eigenvalue weighted by atomic mass is 10.1. The summed E-state index contributed by atoms with van der Waals surface area (Å²) in [7, 11) is 1.69. The van der Waals surface area contributed by atoms with Crippen LogP contribution in [0, 0.1) is 0 Å². The zero-order valence-electron chi connectivity index (χ0n) is 18.1. The summed E-state index contributed by atoms with van der Waals surface area (Å²) in [6.45, 7) is 1.93. The number of hydrogen-bond acceptors (Lipinski definition) is 2. The van der Waals surface area contributed by atoms with E-state index in [1.54, 1.807) is 7.11 Å². The number of aromatic nitrogens is 1. The molecule has 3 aromatic rings. The van der Waals surface area contributed by atoms with Crippen LogP contribution < -0.4 is 14.0 Å². The molecule has 0 saturated heterocycles. The maximum atomic E-state index is 5.90. The fourth-order valence-corrected chi connectivity index (χ4v) is 3.58. The first-order valence-electron chi connectivity index (χ1n) is 11.2. The molecule has 0 aliphatic heterocycles. The first-order valence-corrected chi connectivity index (χ1v) is 11.2. The number of unbranched alkanes of at least 4 members (excludes halogenated alkanes) is 6. The molecule has 0 spiro atoms. The average Bonchev–Trinajstić information content (AvgIpc) is 2.81. The van der Waals surface area contributed by atoms with E-state index in [2.05, 4.69) is 71.6 Å². The molecular weight excluding hydrogens is 370 g/mol. The van der Waals surface area contributed by atoms with E-state index in [4.69, 9.17) is 9.47 Å². The molecule has 0 radical (unpaired) electrons. The Balaban J connectivity index is 1.22. The highest BCUT2D eigenvalue weighted by Gasteiger charge is 2.01. The van der Waals surface area contributed by atoms with Crippen molar-refractivity contribution < 1.29 is 14.0 Å². The molecule has 3 nitrogen and oxygen atoms in total. The Morgan fingerprint density at radius 2 is 1.13 bits per heavy atom. The molecule has 0 bridgehead atoms. The van der Waals surface area contributed by atoms with Gasteiger partial charge in [0.2, 0.25) is 0 Å². The van der Waals surface area contributed by atoms with E-state index in [1.807, 2.05) is 12.1 Å². The summed E-state index contributed by atoms with van der Waals surface area (Å²) in [5.74, 6) is 1.83. The highest BCUT2D eigenvalue weighted by Crippen LogP contribution is 2.24. The standard InChI is InChI=1S/C27H34NO2/c1-29-26-16-12-24(13-17-26)25-14-18-27(19-15-25)30-23-11-6-4-2-3-5-8-20-28-21-9-7-10-22-28/h7,9-10,12-19,21-22H,2-6,8,11,20,23H2,1H3/q+1. The van der Waals surface area contributed by atoms with Crippen LogP contribution in [0.15, 0.2) is 79.1 Å². The second kappa shape index (κ2) is 12.7. The van der Waals surface area contributed by atoms with Crippen LogP contribution in [-0.2, 0) is 6.54 Å². The van der Waals surface area contributed by atoms with Crippen molar-refractivity contribution in [2.45, 2.75) is 51.5 Å². The zero-order chi connectivity index (χ0) is 20.9. The smallest absolute Gasteiger partial charge is 0.168 e. The highest BCUT2D eigenvalue weighted by atomic mass is 16.5. The van der Waals surface area contributed by atoms with Gasteiger partial charge in [-0.15, -0.1) is 0 Å². The number of aryl methyl sites for hydroxylation is 1. The van der Waals surface area contributed by atoms with Gasteiger partial charge in [0.05, 0.1) is 13.7 Å². The van der Waals surface area contributed by atoms with Gasteiger partial charge in [-0.1, -0.05) is 56.0 Å². The summed E-state index contributed by atoms with van der Waals surface area (Å²) in [6, 6.07) is 22.7. The van der Waals surface area contributed by atoms with Gasteiger partial charge in [-0.05, 0) is 48.2 Å². The van der Waals surface area contributed by atoms with Crippen LogP contribution in [0.5, 0.6) is 11.5 Å². The van der Waals surface area contributed by atoms with Gasteiger partial charge in [0.1, 0.15) is 18.0 Å². The van der Waals surface area contributed by atoms with Crippen LogP contribution in [0.2, 0.25) is 0 Å². The molecule has 0 atom stereocenters. The second-order valence-corrected chi connectivity index (χ2v) is 7.69. The molecule has 0 fully saturated rings. The molecule has 158 valence electrons. The van der Waals surface area contributed by atoms with Crippen molar-refractivity contribution in [3.05, 3.63) is 79.1 Å². The zero-order valence-corrected chi connectivity index (χ0v) is 18.1. The van der Waals surface area contributed by atoms with E-state index in [-0.39, 0.29) is 0 Å². The lowest BCUT2D eigenvalue weighted by Crippen LogP contribution is -2.32. The van der Waals surface area contributed by atoms with E-state index in [0.717, 1.165) is 31.1 Å². The van der Waals surface area contributed by atoms with Crippen LogP contribution in [0.1, 0.15) is 44.9 Å². The number of ether oxygens (including phenoxy) is 2. The highest BCUT2D eigenvalue weighted by molar-refractivity contribution is 5.64. The molecular formula is C27H34NO2+. The van der Waals surface area contributed by atoms with Crippen molar-refractivity contribution in [2.24, 2.45) is 0 Å². The monoisotopic (exact) mass is 404 g/mol. The van der Waals surface area contributed by atoms with Crippen molar-refractivity contribution in [1.82, 2.24) is 0 Å². The minimum absolute atomic E-state index is 0.798. The largest absolute Gasteiger partial charge is 0.497 e. The van der Waals surface area contributed by atoms with Crippen molar-refractivity contribution >= 4 is 0 Å². The molecule has 0 unspecified atom stereocenters. The summed E-state index contributed by atoms with van der Waals surface area (Å²) in [5.41, 5.74) is 2.38. The van der Waals surface area contributed by atoms with E-state index in [9.17, 15) is 0 Å². The fourth-order valence-electron chi connectivity index (χ4n) is 3.58. The topological polar surface area (TPSA) is 22.3 Å². The predicted molar refractivity (Wildman–Crippen MR) is 123 cm³/mol. The van der Waals surface area contributed by atoms with Gasteiger partial charge < -0.3 is 9.47 Å². The quantitative estimate of drug-likeness (QED) is 0.241. The van der Waals surface area contributed by atoms with Crippen molar-refractivity contribution in [2.75, 3.05) is 13.7 Å². The number of rotatable bonds is 13. The summed E-state index contributed by atoms with van der Waals surface area (Å²) in [5, 5.41) is 0. The van der Waals surface area contributed by atoms with Crippen LogP contribution in [-0.4, -0.2) is 13.7 Å². The third-order valence-corrected chi connectivity index (χ3v) is 5.38. The molecule has 0 N–H and O–H groups in total. The van der Waals surface area contributed by atoms with E-state index >= 15 is 0 Å². The van der Waals surface area contributed by atoms with Gasteiger partial charge in [0, 0.05) is 18.6 Å². The molecule has 0 aliphatic rings. The van der Waals surface area contributed by atoms with Gasteiger partial charge >= 0.3 is 0 Å². The van der Waals surface area contributed by atoms with Crippen LogP contribution in [0.3, 0.4) is 0 Å². The Hall–Kier alpha value is -2.81. The third-order valence-electron chi connectivity index (χ3n) is 5.38. The Bertz CT molecular complexity index is 829. The molecule has 0 amide bonds. The maximum Gasteiger partial charge on any atom is 0.168 e. The number of methoxy groups -OCH3 is 1. The van der Waals surface area contributed by atoms with E-state index < -0.39 is 0 Å². The number of pyridine rings is 1. The summed E-state index contributed by atoms with van der Waals surface area (Å²) >= 11 is 0. The normalized spacial score (nSPS) is 10.7. The molecule has 2 aromatic carbocycles. The summed E-state index contributed by atoms with van der Waals surface area (Å²) < 4.78 is 13.4. The molecule has 1 heterocycles. The minimum atomic E-state index is 0.798. The Morgan fingerprint density at radius 1 is 0.600 bits per heavy atom. The lowest BCUT2D eigenvalue weighted by Gasteiger charge is -2.08. The second-order valence-electron chi connectivity index (χ2n) is 7.69. The number of benzene rings is 2. The molecule has 0 saturated carbocycles. The van der Waals surface area contributed by atoms with Crippen molar-refractivity contribution in [3.8, 4) is 22.6 Å². The van der Waals surface area contributed by atoms with E-state index in [0.29, 0.717) is 0 Å².